The molecule has 0 saturated heterocycles. The van der Waals surface area contributed by atoms with Gasteiger partial charge in [-0.2, -0.15) is 0 Å². The van der Waals surface area contributed by atoms with Crippen LogP contribution < -0.4 is 15.4 Å². The lowest BCUT2D eigenvalue weighted by atomic mass is 10.0. The molecule has 0 fully saturated rings. The summed E-state index contributed by atoms with van der Waals surface area (Å²) in [5.74, 6) is 1.32. The number of urea groups is 1. The van der Waals surface area contributed by atoms with E-state index in [1.807, 2.05) is 31.2 Å². The Kier molecular flexibility index (Phi) is 9.14. The molecule has 0 bridgehead atoms. The average Bonchev–Trinajstić information content (AvgIpc) is 2.51. The molecule has 1 atom stereocenters. The molecule has 130 valence electrons. The molecule has 0 heterocycles. The monoisotopic (exact) mass is 322 g/mol. The molecule has 1 aromatic carbocycles. The number of carbonyl (C=O) groups is 1. The van der Waals surface area contributed by atoms with Crippen molar-refractivity contribution in [2.45, 2.75) is 46.1 Å². The number of rotatable bonds is 10. The highest BCUT2D eigenvalue weighted by Crippen LogP contribution is 2.23. The van der Waals surface area contributed by atoms with E-state index in [2.05, 4.69) is 24.5 Å². The maximum absolute atomic E-state index is 12.1. The van der Waals surface area contributed by atoms with E-state index in [0.717, 1.165) is 19.3 Å². The first-order valence-corrected chi connectivity index (χ1v) is 8.31. The summed E-state index contributed by atoms with van der Waals surface area (Å²) in [6, 6.07) is 7.40. The van der Waals surface area contributed by atoms with Crippen LogP contribution in [0.2, 0.25) is 0 Å². The van der Waals surface area contributed by atoms with Crippen molar-refractivity contribution in [2.75, 3.05) is 25.6 Å². The third-order valence-electron chi connectivity index (χ3n) is 3.44. The van der Waals surface area contributed by atoms with E-state index in [4.69, 9.17) is 9.47 Å². The lowest BCUT2D eigenvalue weighted by Gasteiger charge is -2.17. The van der Waals surface area contributed by atoms with Gasteiger partial charge in [-0.1, -0.05) is 26.0 Å². The van der Waals surface area contributed by atoms with Gasteiger partial charge in [0.05, 0.1) is 12.3 Å². The number of carbonyl (C=O) groups excluding carboxylic acids is 1. The predicted octanol–water partition coefficient (Wildman–Crippen LogP) is 4.05. The number of benzene rings is 1. The fourth-order valence-corrected chi connectivity index (χ4v) is 2.12. The average molecular weight is 322 g/mol. The van der Waals surface area contributed by atoms with Gasteiger partial charge in [0.2, 0.25) is 0 Å². The van der Waals surface area contributed by atoms with E-state index in [1.165, 1.54) is 0 Å². The van der Waals surface area contributed by atoms with Crippen molar-refractivity contribution in [3.63, 3.8) is 0 Å². The molecule has 0 saturated carbocycles. The van der Waals surface area contributed by atoms with Gasteiger partial charge in [0.1, 0.15) is 5.75 Å². The molecular weight excluding hydrogens is 292 g/mol. The first kappa shape index (κ1) is 19.3. The second-order valence-corrected chi connectivity index (χ2v) is 6.16. The molecule has 0 spiro atoms. The molecule has 0 aliphatic carbocycles. The topological polar surface area (TPSA) is 59.6 Å². The van der Waals surface area contributed by atoms with Gasteiger partial charge < -0.3 is 20.1 Å². The van der Waals surface area contributed by atoms with Crippen molar-refractivity contribution >= 4 is 11.7 Å². The van der Waals surface area contributed by atoms with Crippen LogP contribution in [0.15, 0.2) is 24.3 Å². The van der Waals surface area contributed by atoms with E-state index >= 15 is 0 Å². The number of para-hydroxylation sites is 2. The molecule has 1 unspecified atom stereocenters. The molecule has 0 radical (unpaired) electrons. The minimum Gasteiger partial charge on any atom is -0.491 e. The van der Waals surface area contributed by atoms with Crippen LogP contribution in [0.5, 0.6) is 5.75 Å². The number of ether oxygens (including phenoxy) is 2. The molecule has 1 rings (SSSR count). The molecule has 0 aromatic heterocycles. The summed E-state index contributed by atoms with van der Waals surface area (Å²) in [6.07, 6.45) is 2.88. The van der Waals surface area contributed by atoms with E-state index in [9.17, 15) is 4.79 Å². The number of methoxy groups -OCH3 is 1. The largest absolute Gasteiger partial charge is 0.491 e. The Balaban J connectivity index is 2.47. The van der Waals surface area contributed by atoms with Gasteiger partial charge in [0.15, 0.2) is 0 Å². The number of hydrogen-bond acceptors (Lipinski definition) is 3. The van der Waals surface area contributed by atoms with Gasteiger partial charge in [-0.15, -0.1) is 0 Å². The number of anilines is 1. The van der Waals surface area contributed by atoms with E-state index in [-0.39, 0.29) is 12.1 Å². The highest BCUT2D eigenvalue weighted by atomic mass is 16.5. The standard InChI is InChI=1S/C18H30N2O3/c1-14(2)10-11-15(3)19-18(21)20-16-8-5-6-9-17(16)23-13-7-12-22-4/h5-6,8-9,14-15H,7,10-13H2,1-4H3,(H2,19,20,21). The molecule has 2 N–H and O–H groups in total. The van der Waals surface area contributed by atoms with Crippen LogP contribution in [-0.4, -0.2) is 32.4 Å². The fourth-order valence-electron chi connectivity index (χ4n) is 2.12. The maximum atomic E-state index is 12.1. The molecule has 0 aliphatic rings. The Hall–Kier alpha value is -1.75. The van der Waals surface area contributed by atoms with Crippen molar-refractivity contribution in [3.05, 3.63) is 24.3 Å². The highest BCUT2D eigenvalue weighted by molar-refractivity contribution is 5.91. The molecule has 0 aliphatic heterocycles. The van der Waals surface area contributed by atoms with Crippen LogP contribution in [-0.2, 0) is 4.74 Å². The minimum absolute atomic E-state index is 0.146. The predicted molar refractivity (Wildman–Crippen MR) is 94.1 cm³/mol. The zero-order valence-corrected chi connectivity index (χ0v) is 14.7. The van der Waals surface area contributed by atoms with Gasteiger partial charge in [0, 0.05) is 26.2 Å². The van der Waals surface area contributed by atoms with Gasteiger partial charge >= 0.3 is 6.03 Å². The first-order valence-electron chi connectivity index (χ1n) is 8.31. The Labute approximate surface area is 139 Å². The third kappa shape index (κ3) is 8.45. The van der Waals surface area contributed by atoms with Crippen LogP contribution in [0.3, 0.4) is 0 Å². The lowest BCUT2D eigenvalue weighted by Crippen LogP contribution is -2.36. The minimum atomic E-state index is -0.200. The van der Waals surface area contributed by atoms with Crippen molar-refractivity contribution in [1.82, 2.24) is 5.32 Å². The SMILES string of the molecule is COCCCOc1ccccc1NC(=O)NC(C)CCC(C)C. The molecular formula is C18H30N2O3. The molecule has 2 amide bonds. The smallest absolute Gasteiger partial charge is 0.319 e. The normalized spacial score (nSPS) is 12.0. The summed E-state index contributed by atoms with van der Waals surface area (Å²) in [4.78, 5) is 12.1. The molecule has 5 heteroatoms. The Morgan fingerprint density at radius 2 is 1.87 bits per heavy atom. The van der Waals surface area contributed by atoms with Crippen LogP contribution in [0.25, 0.3) is 0 Å². The molecule has 23 heavy (non-hydrogen) atoms. The van der Waals surface area contributed by atoms with Gasteiger partial charge in [0.25, 0.3) is 0 Å². The summed E-state index contributed by atoms with van der Waals surface area (Å²) in [5, 5.41) is 5.83. The van der Waals surface area contributed by atoms with E-state index in [0.29, 0.717) is 30.6 Å². The second kappa shape index (κ2) is 10.9. The van der Waals surface area contributed by atoms with Crippen molar-refractivity contribution in [1.29, 1.82) is 0 Å². The fraction of sp³-hybridized carbons (Fsp3) is 0.611. The van der Waals surface area contributed by atoms with E-state index < -0.39 is 0 Å². The molecule has 1 aromatic rings. The van der Waals surface area contributed by atoms with Gasteiger partial charge in [-0.25, -0.2) is 4.79 Å². The van der Waals surface area contributed by atoms with Crippen molar-refractivity contribution in [2.24, 2.45) is 5.92 Å². The Morgan fingerprint density at radius 1 is 1.13 bits per heavy atom. The highest BCUT2D eigenvalue weighted by Gasteiger charge is 2.10. The zero-order chi connectivity index (χ0) is 17.1. The van der Waals surface area contributed by atoms with Crippen LogP contribution in [0.4, 0.5) is 10.5 Å². The summed E-state index contributed by atoms with van der Waals surface area (Å²) in [6.45, 7) is 7.60. The summed E-state index contributed by atoms with van der Waals surface area (Å²) >= 11 is 0. The Morgan fingerprint density at radius 3 is 2.57 bits per heavy atom. The summed E-state index contributed by atoms with van der Waals surface area (Å²) in [7, 11) is 1.67. The lowest BCUT2D eigenvalue weighted by molar-refractivity contribution is 0.172. The first-order chi connectivity index (χ1) is 11.0. The second-order valence-electron chi connectivity index (χ2n) is 6.16. The molecule has 5 nitrogen and oxygen atoms in total. The summed E-state index contributed by atoms with van der Waals surface area (Å²) in [5.41, 5.74) is 0.679. The summed E-state index contributed by atoms with van der Waals surface area (Å²) < 4.78 is 10.7. The van der Waals surface area contributed by atoms with Crippen molar-refractivity contribution in [3.8, 4) is 5.75 Å². The number of amides is 2. The maximum Gasteiger partial charge on any atom is 0.319 e. The van der Waals surface area contributed by atoms with Gasteiger partial charge in [-0.05, 0) is 37.8 Å². The van der Waals surface area contributed by atoms with E-state index in [1.54, 1.807) is 7.11 Å². The quantitative estimate of drug-likeness (QED) is 0.639. The van der Waals surface area contributed by atoms with Crippen LogP contribution >= 0.6 is 0 Å². The third-order valence-corrected chi connectivity index (χ3v) is 3.44. The number of nitrogens with one attached hydrogen (secondary N) is 2. The van der Waals surface area contributed by atoms with Crippen LogP contribution in [0.1, 0.15) is 40.0 Å². The van der Waals surface area contributed by atoms with Crippen molar-refractivity contribution < 1.29 is 14.3 Å². The number of hydrogen-bond donors (Lipinski definition) is 2. The van der Waals surface area contributed by atoms with Crippen LogP contribution in [0, 0.1) is 5.92 Å². The Bertz CT molecular complexity index is 463. The van der Waals surface area contributed by atoms with Gasteiger partial charge in [-0.3, -0.25) is 0 Å². The zero-order valence-electron chi connectivity index (χ0n) is 14.7.